The molecule has 1 aliphatic heterocycles. The second-order valence-electron chi connectivity index (χ2n) is 44.6. The topological polar surface area (TPSA) is 203 Å². The van der Waals surface area contributed by atoms with Crippen LogP contribution in [0, 0.1) is 126 Å². The Morgan fingerprint density at radius 3 is 1.41 bits per heavy atom. The average Bonchev–Trinajstić information content (AvgIpc) is 1.57. The summed E-state index contributed by atoms with van der Waals surface area (Å²) in [6, 6.07) is 0. The quantitative estimate of drug-likeness (QED) is 0.0361. The van der Waals surface area contributed by atoms with Crippen molar-refractivity contribution in [1.29, 1.82) is 0 Å². The molecule has 11 aliphatic carbocycles. The van der Waals surface area contributed by atoms with E-state index in [1.807, 2.05) is 125 Å². The van der Waals surface area contributed by atoms with Gasteiger partial charge in [0.05, 0.1) is 57.7 Å². The summed E-state index contributed by atoms with van der Waals surface area (Å²) in [4.78, 5) is 83.1. The molecule has 1 heterocycles. The smallest absolute Gasteiger partial charge is 0.311 e. The molecule has 0 aromatic rings. The minimum Gasteiger partial charge on any atom is -0.463 e. The van der Waals surface area contributed by atoms with Crippen LogP contribution in [0.2, 0.25) is 0 Å². The lowest BCUT2D eigenvalue weighted by Gasteiger charge is -2.39. The number of rotatable bonds is 25. The van der Waals surface area contributed by atoms with Gasteiger partial charge in [0.1, 0.15) is 43.7 Å². The Bertz CT molecular complexity index is 3140. The van der Waals surface area contributed by atoms with Crippen LogP contribution in [0.4, 0.5) is 0 Å². The zero-order chi connectivity index (χ0) is 87.6. The first-order chi connectivity index (χ1) is 54.5. The summed E-state index contributed by atoms with van der Waals surface area (Å²) in [7, 11) is 0. The molecule has 0 N–H and O–H groups in total. The van der Waals surface area contributed by atoms with Crippen LogP contribution in [0.5, 0.6) is 0 Å². The van der Waals surface area contributed by atoms with E-state index in [1.54, 1.807) is 0 Å². The van der Waals surface area contributed by atoms with Crippen LogP contribution in [0.25, 0.3) is 0 Å². The van der Waals surface area contributed by atoms with Crippen LogP contribution in [0.3, 0.4) is 0 Å². The summed E-state index contributed by atoms with van der Waals surface area (Å²) in [5.74, 6) is 8.48. The molecule has 1 saturated heterocycles. The molecule has 0 aromatic carbocycles. The van der Waals surface area contributed by atoms with Crippen molar-refractivity contribution in [3.8, 4) is 0 Å². The lowest BCUT2D eigenvalue weighted by molar-refractivity contribution is -0.168. The van der Waals surface area contributed by atoms with Crippen molar-refractivity contribution in [3.63, 3.8) is 0 Å². The fraction of sp³-hybridized carbons (Fsp3) is 0.911. The van der Waals surface area contributed by atoms with Gasteiger partial charge in [-0.3, -0.25) is 33.6 Å². The number of carbonyl (C=O) groups excluding carboxylic acids is 7. The van der Waals surface area contributed by atoms with Gasteiger partial charge in [0.15, 0.2) is 0 Å². The number of ether oxygens (including phenoxy) is 9. The fourth-order valence-corrected chi connectivity index (χ4v) is 21.2. The van der Waals surface area contributed by atoms with Gasteiger partial charge in [-0.05, 0) is 337 Å². The first-order valence-corrected chi connectivity index (χ1v) is 47.8. The molecule has 0 aromatic heterocycles. The molecule has 676 valence electrons. The lowest BCUT2D eigenvalue weighted by atomic mass is 9.70. The number of hydrogen-bond acceptors (Lipinski definition) is 16. The van der Waals surface area contributed by atoms with Gasteiger partial charge < -0.3 is 42.6 Å². The van der Waals surface area contributed by atoms with Gasteiger partial charge in [0, 0.05) is 12.0 Å². The highest BCUT2D eigenvalue weighted by molar-refractivity contribution is 5.78. The van der Waals surface area contributed by atoms with Crippen LogP contribution >= 0.6 is 0 Å². The number of allylic oxidation sites excluding steroid dienone is 2. The van der Waals surface area contributed by atoms with Gasteiger partial charge in [-0.2, -0.15) is 0 Å². The third-order valence-electron chi connectivity index (χ3n) is 31.9. The van der Waals surface area contributed by atoms with Crippen molar-refractivity contribution >= 4 is 41.8 Å². The normalized spacial score (nSPS) is 32.4. The van der Waals surface area contributed by atoms with E-state index in [0.717, 1.165) is 157 Å². The Balaban J connectivity index is 0.000000213. The molecule has 0 amide bonds. The minimum absolute atomic E-state index is 0.0143. The maximum absolute atomic E-state index is 12.3. The van der Waals surface area contributed by atoms with Crippen molar-refractivity contribution in [1.82, 2.24) is 0 Å². The molecule has 16 nitrogen and oxygen atoms in total. The van der Waals surface area contributed by atoms with Crippen molar-refractivity contribution in [2.75, 3.05) is 26.4 Å². The van der Waals surface area contributed by atoms with E-state index in [1.165, 1.54) is 89.9 Å². The number of hydrogen-bond donors (Lipinski definition) is 0. The summed E-state index contributed by atoms with van der Waals surface area (Å²) < 4.78 is 50.4. The Morgan fingerprint density at radius 1 is 0.436 bits per heavy atom. The van der Waals surface area contributed by atoms with Crippen molar-refractivity contribution < 1.29 is 76.2 Å². The second kappa shape index (κ2) is 44.0. The highest BCUT2D eigenvalue weighted by Crippen LogP contribution is 2.67. The monoisotopic (exact) mass is 1650 g/mol. The molecular formula is C101H176O16. The van der Waals surface area contributed by atoms with Gasteiger partial charge in [-0.25, -0.2) is 0 Å². The van der Waals surface area contributed by atoms with E-state index in [2.05, 4.69) is 81.4 Å². The van der Waals surface area contributed by atoms with Crippen LogP contribution in [-0.4, -0.2) is 111 Å². The minimum atomic E-state index is -0.381. The number of carbonyl (C=O) groups is 7. The lowest BCUT2D eigenvalue weighted by Crippen LogP contribution is -2.40. The Labute approximate surface area is 714 Å². The van der Waals surface area contributed by atoms with Crippen LogP contribution in [-0.2, 0) is 76.2 Å². The van der Waals surface area contributed by atoms with E-state index < -0.39 is 0 Å². The van der Waals surface area contributed by atoms with E-state index in [-0.39, 0.29) is 123 Å². The largest absolute Gasteiger partial charge is 0.463 e. The molecule has 12 rings (SSSR count). The molecule has 16 heteroatoms. The summed E-state index contributed by atoms with van der Waals surface area (Å²) in [6.07, 6.45) is 40.6. The van der Waals surface area contributed by atoms with Crippen molar-refractivity contribution in [3.05, 3.63) is 12.2 Å². The average molecular weight is 1650 g/mol. The van der Waals surface area contributed by atoms with Crippen LogP contribution < -0.4 is 0 Å². The summed E-state index contributed by atoms with van der Waals surface area (Å²) in [6.45, 7) is 60.5. The standard InChI is InChI=1S/C18H28O3.C16H26O2.C16H28O2.C15H28O2.C14H26O2.C12H22O2.C10H18O3/c1-4-18(2,3)17(19)21-9-8-20-16-11-12-10-15(16)14-7-5-6-13(12)14;1-4-16(2,3)15(17)18-14-9-10-8-13(14)12-7-5-6-11(10)12;1-7-14(2,3)13(17)18-12-10-11-8-9-16(12,6)15(11,4)5;1-7-15(5,6)13(16)17-12-8-11(2)9-14(3,4)10-12;1-6-11(3)13(15)16-12-7-10(2)8-14(4,5)9-12;1-4-12(2,3)11(13)14-10-8-6-5-7-9-10;1-3-8(2)10(11)13-7-9-5-4-6-12-9/h5,7,12-16H,4,6,8-11H2,1-3H3;10-14H,4-9H2,1-3H3;11-12H,7-10H2,1-6H3;11-12H,7-10H2,1-6H3;10-12H,6-9H2,1-5H3;10H,4-9H2,1-3H3;8-9H,3-7H2,1-2H3. The Morgan fingerprint density at radius 2 is 0.915 bits per heavy atom. The first kappa shape index (κ1) is 102. The first-order valence-electron chi connectivity index (χ1n) is 47.8. The number of esters is 7. The van der Waals surface area contributed by atoms with Gasteiger partial charge in [-0.1, -0.05) is 150 Å². The predicted molar refractivity (Wildman–Crippen MR) is 469 cm³/mol. The van der Waals surface area contributed by atoms with Gasteiger partial charge in [0.2, 0.25) is 0 Å². The summed E-state index contributed by atoms with van der Waals surface area (Å²) >= 11 is 0. The Kier molecular flexibility index (Phi) is 38.3. The molecule has 20 unspecified atom stereocenters. The highest BCUT2D eigenvalue weighted by Gasteiger charge is 2.63. The maximum Gasteiger partial charge on any atom is 0.311 e. The van der Waals surface area contributed by atoms with Gasteiger partial charge in [0.25, 0.3) is 0 Å². The summed E-state index contributed by atoms with van der Waals surface area (Å²) in [5.41, 5.74) is -0.571. The van der Waals surface area contributed by atoms with E-state index in [4.69, 9.17) is 42.6 Å². The van der Waals surface area contributed by atoms with Crippen LogP contribution in [0.15, 0.2) is 12.2 Å². The maximum atomic E-state index is 12.3. The Hall–Kier alpha value is -4.05. The highest BCUT2D eigenvalue weighted by atomic mass is 16.6. The van der Waals surface area contributed by atoms with Crippen LogP contribution in [0.1, 0.15) is 393 Å². The van der Waals surface area contributed by atoms with Gasteiger partial charge in [-0.15, -0.1) is 0 Å². The molecule has 20 atom stereocenters. The van der Waals surface area contributed by atoms with E-state index in [0.29, 0.717) is 65.8 Å². The zero-order valence-corrected chi connectivity index (χ0v) is 80.0. The molecule has 117 heavy (non-hydrogen) atoms. The predicted octanol–water partition coefficient (Wildman–Crippen LogP) is 24.6. The third-order valence-corrected chi connectivity index (χ3v) is 31.9. The SMILES string of the molecule is CCC(C)(C)C(=O)OC1CC(C)CC(C)(C)C1.CCC(C)(C)C(=O)OC1CC2CC1C1CCCC21.CCC(C)(C)C(=O)OC1CC2CCC1(C)C2(C)C.CCC(C)(C)C(=O)OC1CCCCC1.CCC(C)(C)C(=O)OCCOC1CC2CC1C1C=CCC21.CCC(C)C(=O)OC1CC(C)CC(C)(C)C1.CCC(C)C(=O)OCC1CCCO1. The third kappa shape index (κ3) is 28.2. The molecule has 0 radical (unpaired) electrons. The zero-order valence-electron chi connectivity index (χ0n) is 80.0. The molecular weight excluding hydrogens is 1470 g/mol. The molecule has 0 spiro atoms. The molecule has 10 saturated carbocycles. The molecule has 6 bridgehead atoms. The van der Waals surface area contributed by atoms with Crippen molar-refractivity contribution in [2.24, 2.45) is 126 Å². The second-order valence-corrected chi connectivity index (χ2v) is 44.6. The van der Waals surface area contributed by atoms with E-state index >= 15 is 0 Å². The molecule has 11 fully saturated rings. The summed E-state index contributed by atoms with van der Waals surface area (Å²) in [5, 5.41) is 0. The van der Waals surface area contributed by atoms with Gasteiger partial charge >= 0.3 is 41.8 Å². The van der Waals surface area contributed by atoms with Crippen molar-refractivity contribution in [2.45, 2.75) is 436 Å². The molecule has 12 aliphatic rings. The fourth-order valence-electron chi connectivity index (χ4n) is 21.2. The van der Waals surface area contributed by atoms with E-state index in [9.17, 15) is 33.6 Å². The number of fused-ring (bicyclic) bond motifs is 12.